The van der Waals surface area contributed by atoms with E-state index in [-0.39, 0.29) is 18.6 Å². The van der Waals surface area contributed by atoms with Crippen LogP contribution in [0.1, 0.15) is 40.2 Å². The number of rotatable bonds is 6. The van der Waals surface area contributed by atoms with Crippen LogP contribution in [0.5, 0.6) is 0 Å². The first-order valence-corrected chi connectivity index (χ1v) is 11.7. The Hall–Kier alpha value is -3.62. The maximum atomic E-state index is 13.1. The zero-order chi connectivity index (χ0) is 23.7. The van der Waals surface area contributed by atoms with Crippen LogP contribution in [0.4, 0.5) is 16.4 Å². The molecule has 0 bridgehead atoms. The Bertz CT molecular complexity index is 1090. The third-order valence-electron chi connectivity index (χ3n) is 6.57. The maximum absolute atomic E-state index is 13.1. The van der Waals surface area contributed by atoms with Crippen molar-refractivity contribution in [1.29, 1.82) is 0 Å². The molecule has 3 aliphatic rings. The summed E-state index contributed by atoms with van der Waals surface area (Å²) in [7, 11) is 1.54. The summed E-state index contributed by atoms with van der Waals surface area (Å²) in [6, 6.07) is 5.35. The Balaban J connectivity index is 1.21. The number of aryl methyl sites for hydroxylation is 1. The molecule has 0 N–H and O–H groups in total. The normalized spacial score (nSPS) is 20.7. The molecule has 5 rings (SSSR count). The van der Waals surface area contributed by atoms with E-state index in [4.69, 9.17) is 14.5 Å². The third-order valence-corrected chi connectivity index (χ3v) is 6.57. The Morgan fingerprint density at radius 3 is 2.59 bits per heavy atom. The van der Waals surface area contributed by atoms with Crippen LogP contribution in [-0.2, 0) is 9.47 Å². The Morgan fingerprint density at radius 1 is 1.15 bits per heavy atom. The summed E-state index contributed by atoms with van der Waals surface area (Å²) in [6.45, 7) is 5.05. The number of anilines is 2. The second-order valence-electron chi connectivity index (χ2n) is 8.95. The van der Waals surface area contributed by atoms with Crippen molar-refractivity contribution in [3.8, 4) is 0 Å². The van der Waals surface area contributed by atoms with E-state index < -0.39 is 6.09 Å². The lowest BCUT2D eigenvalue weighted by Crippen LogP contribution is -2.49. The predicted molar refractivity (Wildman–Crippen MR) is 127 cm³/mol. The van der Waals surface area contributed by atoms with Crippen LogP contribution in [0.15, 0.2) is 42.9 Å². The lowest BCUT2D eigenvalue weighted by molar-refractivity contribution is 0.0746. The highest BCUT2D eigenvalue weighted by molar-refractivity contribution is 5.95. The lowest BCUT2D eigenvalue weighted by atomic mass is 10.1. The topological polar surface area (TPSA) is 88.1 Å². The number of carbonyl (C=O) groups excluding carboxylic acids is 2. The summed E-state index contributed by atoms with van der Waals surface area (Å²) >= 11 is 0. The van der Waals surface area contributed by atoms with Gasteiger partial charge in [0.15, 0.2) is 0 Å². The fraction of sp³-hybridized carbons (Fsp3) is 0.440. The number of nitrogens with zero attached hydrogens (tertiary/aromatic N) is 5. The smallest absolute Gasteiger partial charge is 0.416 e. The van der Waals surface area contributed by atoms with Crippen LogP contribution >= 0.6 is 0 Å². The molecule has 2 saturated heterocycles. The maximum Gasteiger partial charge on any atom is 0.416 e. The third kappa shape index (κ3) is 4.42. The van der Waals surface area contributed by atoms with E-state index in [9.17, 15) is 9.59 Å². The van der Waals surface area contributed by atoms with Gasteiger partial charge in [0, 0.05) is 38.6 Å². The van der Waals surface area contributed by atoms with Crippen LogP contribution < -0.4 is 9.80 Å². The number of hydrogen-bond donors (Lipinski definition) is 0. The zero-order valence-corrected chi connectivity index (χ0v) is 19.5. The Labute approximate surface area is 199 Å². The second kappa shape index (κ2) is 9.32. The van der Waals surface area contributed by atoms with E-state index >= 15 is 0 Å². The number of aromatic nitrogens is 2. The van der Waals surface area contributed by atoms with E-state index in [1.165, 1.54) is 41.3 Å². The van der Waals surface area contributed by atoms with Crippen LogP contribution in [0.2, 0.25) is 0 Å². The van der Waals surface area contributed by atoms with Crippen molar-refractivity contribution in [3.63, 3.8) is 0 Å². The van der Waals surface area contributed by atoms with Crippen molar-refractivity contribution in [3.05, 3.63) is 59.6 Å². The molecular weight excluding hydrogens is 434 g/mol. The van der Waals surface area contributed by atoms with Gasteiger partial charge in [-0.15, -0.1) is 0 Å². The van der Waals surface area contributed by atoms with Gasteiger partial charge >= 0.3 is 6.09 Å². The highest BCUT2D eigenvalue weighted by Gasteiger charge is 2.34. The molecule has 34 heavy (non-hydrogen) atoms. The SMILES string of the molecule is CO/C=C/C1COC(=O)N1c1ccc(C(=O)N2CCN(c3ncc(C4CC4)cc3C)CC2)cn1. The molecule has 2 aliphatic heterocycles. The molecule has 1 aliphatic carbocycles. The first-order valence-electron chi connectivity index (χ1n) is 11.7. The molecule has 4 heterocycles. The number of amides is 2. The summed E-state index contributed by atoms with van der Waals surface area (Å²) in [5, 5.41) is 0. The zero-order valence-electron chi connectivity index (χ0n) is 19.5. The predicted octanol–water partition coefficient (Wildman–Crippen LogP) is 3.11. The van der Waals surface area contributed by atoms with Crippen LogP contribution in [-0.4, -0.2) is 72.8 Å². The molecular formula is C25H29N5O4. The summed E-state index contributed by atoms with van der Waals surface area (Å²) in [5.41, 5.74) is 3.04. The van der Waals surface area contributed by atoms with E-state index in [1.54, 1.807) is 25.3 Å². The number of cyclic esters (lactones) is 1. The number of methoxy groups -OCH3 is 1. The molecule has 9 heteroatoms. The molecule has 1 unspecified atom stereocenters. The minimum Gasteiger partial charge on any atom is -0.505 e. The fourth-order valence-corrected chi connectivity index (χ4v) is 4.53. The molecule has 2 amide bonds. The molecule has 0 spiro atoms. The van der Waals surface area contributed by atoms with Crippen LogP contribution in [0.3, 0.4) is 0 Å². The number of carbonyl (C=O) groups is 2. The van der Waals surface area contributed by atoms with Crippen molar-refractivity contribution in [1.82, 2.24) is 14.9 Å². The minimum atomic E-state index is -0.470. The van der Waals surface area contributed by atoms with Crippen LogP contribution in [0.25, 0.3) is 0 Å². The van der Waals surface area contributed by atoms with Gasteiger partial charge in [-0.3, -0.25) is 9.69 Å². The van der Waals surface area contributed by atoms with Crippen molar-refractivity contribution < 1.29 is 19.1 Å². The average Bonchev–Trinajstić information content (AvgIpc) is 3.65. The van der Waals surface area contributed by atoms with Crippen molar-refractivity contribution >= 4 is 23.6 Å². The highest BCUT2D eigenvalue weighted by atomic mass is 16.6. The number of ether oxygens (including phenoxy) is 2. The number of pyridine rings is 2. The fourth-order valence-electron chi connectivity index (χ4n) is 4.53. The second-order valence-corrected chi connectivity index (χ2v) is 8.95. The summed E-state index contributed by atoms with van der Waals surface area (Å²) < 4.78 is 10.1. The Morgan fingerprint density at radius 2 is 1.94 bits per heavy atom. The van der Waals surface area contributed by atoms with Gasteiger partial charge in [-0.1, -0.05) is 6.07 Å². The molecule has 1 atom stereocenters. The summed E-state index contributed by atoms with van der Waals surface area (Å²) in [4.78, 5) is 39.8. The van der Waals surface area contributed by atoms with Gasteiger partial charge in [-0.25, -0.2) is 14.8 Å². The molecule has 178 valence electrons. The van der Waals surface area contributed by atoms with Gasteiger partial charge in [0.25, 0.3) is 5.91 Å². The standard InChI is InChI=1S/C25H29N5O4/c1-17-13-20(18-3-4-18)15-27-23(17)28-8-10-29(11-9-28)24(31)19-5-6-22(26-14-19)30-21(7-12-33-2)16-34-25(30)32/h5-7,12-15,18,21H,3-4,8-11,16H2,1-2H3/b12-7+. The largest absolute Gasteiger partial charge is 0.505 e. The monoisotopic (exact) mass is 463 g/mol. The van der Waals surface area contributed by atoms with Gasteiger partial charge in [-0.2, -0.15) is 0 Å². The number of piperazine rings is 1. The lowest BCUT2D eigenvalue weighted by Gasteiger charge is -2.36. The molecule has 9 nitrogen and oxygen atoms in total. The summed E-state index contributed by atoms with van der Waals surface area (Å²) in [6.07, 6.45) is 8.85. The molecule has 0 radical (unpaired) electrons. The summed E-state index contributed by atoms with van der Waals surface area (Å²) in [5.74, 6) is 2.08. The van der Waals surface area contributed by atoms with Crippen molar-refractivity contribution in [2.45, 2.75) is 31.7 Å². The molecule has 0 aromatic carbocycles. The molecule has 2 aromatic heterocycles. The molecule has 2 aromatic rings. The van der Waals surface area contributed by atoms with Crippen LogP contribution in [0, 0.1) is 6.92 Å². The highest BCUT2D eigenvalue weighted by Crippen LogP contribution is 2.40. The van der Waals surface area contributed by atoms with Gasteiger partial charge in [-0.05, 0) is 55.0 Å². The van der Waals surface area contributed by atoms with Crippen molar-refractivity contribution in [2.75, 3.05) is 49.7 Å². The molecule has 3 fully saturated rings. The molecule has 1 saturated carbocycles. The minimum absolute atomic E-state index is 0.0627. The van der Waals surface area contributed by atoms with E-state index in [2.05, 4.69) is 22.9 Å². The van der Waals surface area contributed by atoms with Gasteiger partial charge in [0.2, 0.25) is 0 Å². The van der Waals surface area contributed by atoms with Gasteiger partial charge < -0.3 is 19.3 Å². The Kier molecular flexibility index (Phi) is 6.08. The number of hydrogen-bond acceptors (Lipinski definition) is 7. The van der Waals surface area contributed by atoms with Crippen molar-refractivity contribution in [2.24, 2.45) is 0 Å². The van der Waals surface area contributed by atoms with E-state index in [0.717, 1.165) is 18.9 Å². The average molecular weight is 464 g/mol. The van der Waals surface area contributed by atoms with Gasteiger partial charge in [0.05, 0.1) is 25.0 Å². The van der Waals surface area contributed by atoms with E-state index in [1.807, 2.05) is 11.1 Å². The van der Waals surface area contributed by atoms with E-state index in [0.29, 0.717) is 30.4 Å². The first kappa shape index (κ1) is 22.2. The van der Waals surface area contributed by atoms with Gasteiger partial charge in [0.1, 0.15) is 18.2 Å². The quantitative estimate of drug-likeness (QED) is 0.608. The first-order chi connectivity index (χ1) is 16.5.